The minimum Gasteiger partial charge on any atom is -0.460 e. The summed E-state index contributed by atoms with van der Waals surface area (Å²) >= 11 is 5.82. The zero-order valence-corrected chi connectivity index (χ0v) is 11.0. The zero-order chi connectivity index (χ0) is 13.1. The molecule has 0 aliphatic carbocycles. The Morgan fingerprint density at radius 1 is 1.33 bits per heavy atom. The van der Waals surface area contributed by atoms with Gasteiger partial charge in [-0.05, 0) is 44.2 Å². The van der Waals surface area contributed by atoms with Gasteiger partial charge < -0.3 is 9.15 Å². The molecular weight excluding hydrogens is 252 g/mol. The van der Waals surface area contributed by atoms with E-state index < -0.39 is 5.97 Å². The fourth-order valence-corrected chi connectivity index (χ4v) is 1.76. The molecule has 0 saturated carbocycles. The number of carbonyl (C=O) groups excluding carboxylic acids is 1. The molecule has 0 unspecified atom stereocenters. The van der Waals surface area contributed by atoms with Crippen molar-refractivity contribution in [1.82, 2.24) is 0 Å². The number of hydrogen-bond donors (Lipinski definition) is 0. The predicted molar refractivity (Wildman–Crippen MR) is 69.8 cm³/mol. The Kier molecular flexibility index (Phi) is 3.72. The van der Waals surface area contributed by atoms with Crippen molar-refractivity contribution < 1.29 is 13.9 Å². The molecule has 0 amide bonds. The summed E-state index contributed by atoms with van der Waals surface area (Å²) in [6, 6.07) is 9.05. The van der Waals surface area contributed by atoms with Crippen molar-refractivity contribution in [1.29, 1.82) is 0 Å². The molecule has 94 valence electrons. The van der Waals surface area contributed by atoms with Gasteiger partial charge in [-0.2, -0.15) is 0 Å². The molecule has 1 aromatic carbocycles. The first-order valence-electron chi connectivity index (χ1n) is 5.65. The van der Waals surface area contributed by atoms with Crippen molar-refractivity contribution in [2.75, 3.05) is 6.61 Å². The number of rotatable bonds is 3. The maximum atomic E-state index is 11.6. The summed E-state index contributed by atoms with van der Waals surface area (Å²) in [5.74, 6) is 0.448. The normalized spacial score (nSPS) is 10.4. The van der Waals surface area contributed by atoms with Crippen LogP contribution in [0.1, 0.15) is 23.0 Å². The number of carbonyl (C=O) groups is 1. The maximum absolute atomic E-state index is 11.6. The van der Waals surface area contributed by atoms with E-state index >= 15 is 0 Å². The van der Waals surface area contributed by atoms with Gasteiger partial charge in [0.25, 0.3) is 0 Å². The van der Waals surface area contributed by atoms with Gasteiger partial charge in [0.2, 0.25) is 5.76 Å². The molecule has 2 aromatic rings. The lowest BCUT2D eigenvalue weighted by atomic mass is 10.1. The number of hydrogen-bond acceptors (Lipinski definition) is 3. The Bertz CT molecular complexity index is 555. The van der Waals surface area contributed by atoms with Crippen LogP contribution in [0.5, 0.6) is 0 Å². The van der Waals surface area contributed by atoms with Gasteiger partial charge in [0, 0.05) is 16.1 Å². The summed E-state index contributed by atoms with van der Waals surface area (Å²) in [7, 11) is 0. The van der Waals surface area contributed by atoms with E-state index in [4.69, 9.17) is 20.8 Å². The molecular formula is C14H13ClO3. The van der Waals surface area contributed by atoms with Gasteiger partial charge in [-0.1, -0.05) is 11.6 Å². The van der Waals surface area contributed by atoms with E-state index in [2.05, 4.69) is 0 Å². The largest absolute Gasteiger partial charge is 0.460 e. The quantitative estimate of drug-likeness (QED) is 0.784. The average molecular weight is 265 g/mol. The maximum Gasteiger partial charge on any atom is 0.374 e. The minimum absolute atomic E-state index is 0.252. The number of benzene rings is 1. The second kappa shape index (κ2) is 5.27. The highest BCUT2D eigenvalue weighted by Gasteiger charge is 2.17. The van der Waals surface area contributed by atoms with E-state index in [0.29, 0.717) is 17.4 Å². The van der Waals surface area contributed by atoms with Crippen molar-refractivity contribution in [3.05, 3.63) is 46.7 Å². The van der Waals surface area contributed by atoms with Crippen molar-refractivity contribution in [2.45, 2.75) is 13.8 Å². The Hall–Kier alpha value is -1.74. The van der Waals surface area contributed by atoms with Gasteiger partial charge in [-0.15, -0.1) is 0 Å². The fourth-order valence-electron chi connectivity index (χ4n) is 1.64. The van der Waals surface area contributed by atoms with Gasteiger partial charge in [0.1, 0.15) is 5.76 Å². The monoisotopic (exact) mass is 264 g/mol. The first kappa shape index (κ1) is 12.7. The average Bonchev–Trinajstić information content (AvgIpc) is 2.72. The summed E-state index contributed by atoms with van der Waals surface area (Å²) in [5.41, 5.74) is 1.64. The highest BCUT2D eigenvalue weighted by molar-refractivity contribution is 6.30. The summed E-state index contributed by atoms with van der Waals surface area (Å²) in [5, 5.41) is 0.660. The summed E-state index contributed by atoms with van der Waals surface area (Å²) in [6.45, 7) is 3.90. The van der Waals surface area contributed by atoms with Gasteiger partial charge in [0.15, 0.2) is 0 Å². The number of ether oxygens (including phenoxy) is 1. The number of aryl methyl sites for hydroxylation is 1. The lowest BCUT2D eigenvalue weighted by Gasteiger charge is -1.99. The van der Waals surface area contributed by atoms with E-state index in [1.165, 1.54) is 0 Å². The highest BCUT2D eigenvalue weighted by atomic mass is 35.5. The lowest BCUT2D eigenvalue weighted by Crippen LogP contribution is -2.04. The molecule has 1 heterocycles. The van der Waals surface area contributed by atoms with Gasteiger partial charge in [-0.3, -0.25) is 0 Å². The third-order valence-corrected chi connectivity index (χ3v) is 2.76. The predicted octanol–water partition coefficient (Wildman–Crippen LogP) is 4.09. The van der Waals surface area contributed by atoms with E-state index in [9.17, 15) is 4.79 Å². The topological polar surface area (TPSA) is 39.4 Å². The molecule has 3 nitrogen and oxygen atoms in total. The van der Waals surface area contributed by atoms with E-state index in [1.54, 1.807) is 19.1 Å². The Labute approximate surface area is 110 Å². The number of furan rings is 1. The molecule has 0 atom stereocenters. The standard InChI is InChI=1S/C14H13ClO3/c1-3-17-14(16)13-9(2)8-12(18-13)10-4-6-11(15)7-5-10/h4-8H,3H2,1-2H3. The molecule has 0 saturated heterocycles. The number of halogens is 1. The van der Waals surface area contributed by atoms with E-state index in [1.807, 2.05) is 25.1 Å². The van der Waals surface area contributed by atoms with Gasteiger partial charge >= 0.3 is 5.97 Å². The molecule has 0 aliphatic heterocycles. The number of esters is 1. The SMILES string of the molecule is CCOC(=O)c1oc(-c2ccc(Cl)cc2)cc1C. The van der Waals surface area contributed by atoms with Crippen molar-refractivity contribution in [3.8, 4) is 11.3 Å². The van der Waals surface area contributed by atoms with E-state index in [-0.39, 0.29) is 5.76 Å². The van der Waals surface area contributed by atoms with Gasteiger partial charge in [-0.25, -0.2) is 4.79 Å². The molecule has 0 fully saturated rings. The third kappa shape index (κ3) is 2.57. The highest BCUT2D eigenvalue weighted by Crippen LogP contribution is 2.26. The molecule has 0 aliphatic rings. The molecule has 0 bridgehead atoms. The molecule has 1 aromatic heterocycles. The van der Waals surface area contributed by atoms with Crippen molar-refractivity contribution in [3.63, 3.8) is 0 Å². The van der Waals surface area contributed by atoms with Crippen molar-refractivity contribution in [2.24, 2.45) is 0 Å². The fraction of sp³-hybridized carbons (Fsp3) is 0.214. The Morgan fingerprint density at radius 3 is 2.61 bits per heavy atom. The Balaban J connectivity index is 2.34. The van der Waals surface area contributed by atoms with Crippen LogP contribution in [0.2, 0.25) is 5.02 Å². The second-order valence-corrected chi connectivity index (χ2v) is 4.29. The lowest BCUT2D eigenvalue weighted by molar-refractivity contribution is 0.0490. The minimum atomic E-state index is -0.435. The van der Waals surface area contributed by atoms with Crippen LogP contribution < -0.4 is 0 Å². The smallest absolute Gasteiger partial charge is 0.374 e. The van der Waals surface area contributed by atoms with E-state index in [0.717, 1.165) is 11.1 Å². The Morgan fingerprint density at radius 2 is 2.00 bits per heavy atom. The zero-order valence-electron chi connectivity index (χ0n) is 10.2. The summed E-state index contributed by atoms with van der Waals surface area (Å²) in [4.78, 5) is 11.6. The van der Waals surface area contributed by atoms with Crippen LogP contribution in [-0.2, 0) is 4.74 Å². The third-order valence-electron chi connectivity index (χ3n) is 2.51. The van der Waals surface area contributed by atoms with Crippen LogP contribution in [0.4, 0.5) is 0 Å². The van der Waals surface area contributed by atoms with Crippen LogP contribution in [0.25, 0.3) is 11.3 Å². The van der Waals surface area contributed by atoms with Crippen LogP contribution in [0, 0.1) is 6.92 Å². The van der Waals surface area contributed by atoms with Crippen LogP contribution in [0.3, 0.4) is 0 Å². The van der Waals surface area contributed by atoms with Crippen LogP contribution >= 0.6 is 11.6 Å². The van der Waals surface area contributed by atoms with Crippen LogP contribution in [0.15, 0.2) is 34.7 Å². The van der Waals surface area contributed by atoms with Crippen LogP contribution in [-0.4, -0.2) is 12.6 Å². The van der Waals surface area contributed by atoms with Crippen molar-refractivity contribution >= 4 is 17.6 Å². The molecule has 4 heteroatoms. The molecule has 0 radical (unpaired) electrons. The molecule has 18 heavy (non-hydrogen) atoms. The molecule has 0 spiro atoms. The molecule has 2 rings (SSSR count). The first-order chi connectivity index (χ1) is 8.61. The summed E-state index contributed by atoms with van der Waals surface area (Å²) in [6.07, 6.45) is 0. The van der Waals surface area contributed by atoms with Gasteiger partial charge in [0.05, 0.1) is 6.61 Å². The summed E-state index contributed by atoms with van der Waals surface area (Å²) < 4.78 is 10.5. The molecule has 0 N–H and O–H groups in total. The second-order valence-electron chi connectivity index (χ2n) is 3.85. The first-order valence-corrected chi connectivity index (χ1v) is 6.03.